The molecule has 4 aromatic carbocycles. The lowest BCUT2D eigenvalue weighted by Gasteiger charge is -2.20. The lowest BCUT2D eigenvalue weighted by atomic mass is 9.91. The summed E-state index contributed by atoms with van der Waals surface area (Å²) < 4.78 is 0. The van der Waals surface area contributed by atoms with Gasteiger partial charge in [-0.25, -0.2) is 0 Å². The van der Waals surface area contributed by atoms with E-state index in [-0.39, 0.29) is 144 Å². The van der Waals surface area contributed by atoms with E-state index >= 15 is 0 Å². The summed E-state index contributed by atoms with van der Waals surface area (Å²) in [6.07, 6.45) is 0. The Morgan fingerprint density at radius 2 is 0.306 bits per heavy atom. The fraction of sp³-hybridized carbons (Fsp3) is 0. The molecular weight excluding hydrogens is 1080 g/mol. The Hall–Kier alpha value is 2.38. The molecule has 0 aliphatic heterocycles. The molecule has 0 aliphatic carbocycles. The zero-order chi connectivity index (χ0) is 36.9. The average molecular weight is 1080 g/mol. The Kier molecular flexibility index (Phi) is 14.0. The molecule has 21 heteroatoms. The lowest BCUT2D eigenvalue weighted by molar-refractivity contribution is 1.60. The van der Waals surface area contributed by atoms with Crippen LogP contribution in [0.2, 0.25) is 100 Å². The maximum absolute atomic E-state index is 6.91. The second kappa shape index (κ2) is 16.1. The molecule has 0 unspecified atom stereocenters. The monoisotopic (exact) mass is 1070 g/mol. The highest BCUT2D eigenvalue weighted by Crippen LogP contribution is 2.65. The van der Waals surface area contributed by atoms with E-state index in [2.05, 4.69) is 0 Å². The second-order valence-electron chi connectivity index (χ2n) is 9.29. The molecule has 0 amide bonds. The molecule has 1 aromatic heterocycles. The number of hydrogen-bond donors (Lipinski definition) is 0. The van der Waals surface area contributed by atoms with Crippen LogP contribution in [0.3, 0.4) is 0 Å². The van der Waals surface area contributed by atoms with Gasteiger partial charge in [0.05, 0.1) is 100 Å². The van der Waals surface area contributed by atoms with Gasteiger partial charge in [-0.2, -0.15) is 0 Å². The standard InChI is InChI=1S/C28Cl20S/c29-7-3(8(30)16(38)23(45)15(7)37)1-2(4-9(31)17(39)24(46)18(40)10(4)32)28(6-13(35)21(43)26(48)22(44)14(6)36)49-27(1)5-11(33)19(41)25(47)20(42)12(5)34. The van der Waals surface area contributed by atoms with Gasteiger partial charge in [-0.05, 0) is 0 Å². The molecule has 0 radical (unpaired) electrons. The number of benzene rings is 4. The highest BCUT2D eigenvalue weighted by molar-refractivity contribution is 7.20. The summed E-state index contributed by atoms with van der Waals surface area (Å²) in [5, 5.41) is -3.48. The predicted molar refractivity (Wildman–Crippen MR) is 226 cm³/mol. The largest absolute Gasteiger partial charge is 0.134 e. The Morgan fingerprint density at radius 1 is 0.163 bits per heavy atom. The van der Waals surface area contributed by atoms with Crippen molar-refractivity contribution in [3.8, 4) is 43.1 Å². The van der Waals surface area contributed by atoms with Crippen molar-refractivity contribution in [2.45, 2.75) is 0 Å². The van der Waals surface area contributed by atoms with Crippen molar-refractivity contribution >= 4 is 243 Å². The van der Waals surface area contributed by atoms with E-state index in [0.29, 0.717) is 0 Å². The van der Waals surface area contributed by atoms with Crippen molar-refractivity contribution in [3.05, 3.63) is 100 Å². The first kappa shape index (κ1) is 42.5. The quantitative estimate of drug-likeness (QED) is 0.124. The molecule has 49 heavy (non-hydrogen) atoms. The van der Waals surface area contributed by atoms with Crippen LogP contribution in [-0.2, 0) is 0 Å². The van der Waals surface area contributed by atoms with Crippen LogP contribution in [0.25, 0.3) is 43.1 Å². The molecule has 5 rings (SSSR count). The average Bonchev–Trinajstić information content (AvgIpc) is 3.42. The van der Waals surface area contributed by atoms with Gasteiger partial charge < -0.3 is 0 Å². The van der Waals surface area contributed by atoms with E-state index in [1.54, 1.807) is 0 Å². The number of rotatable bonds is 4. The Bertz CT molecular complexity index is 2010. The summed E-state index contributed by atoms with van der Waals surface area (Å²) in [5.74, 6) is 0. The third-order valence-electron chi connectivity index (χ3n) is 6.70. The number of hydrogen-bond acceptors (Lipinski definition) is 1. The Labute approximate surface area is 381 Å². The van der Waals surface area contributed by atoms with Crippen molar-refractivity contribution in [2.75, 3.05) is 0 Å². The molecule has 0 spiro atoms. The highest BCUT2D eigenvalue weighted by atomic mass is 35.5. The molecule has 0 bridgehead atoms. The van der Waals surface area contributed by atoms with Crippen LogP contribution in [0.1, 0.15) is 0 Å². The van der Waals surface area contributed by atoms with Gasteiger partial charge >= 0.3 is 0 Å². The van der Waals surface area contributed by atoms with Crippen molar-refractivity contribution in [2.24, 2.45) is 0 Å². The number of thiophene rings is 1. The first-order valence-corrected chi connectivity index (χ1v) is 20.3. The Balaban J connectivity index is 2.25. The van der Waals surface area contributed by atoms with E-state index in [9.17, 15) is 0 Å². The van der Waals surface area contributed by atoms with Gasteiger partial charge in [0.15, 0.2) is 0 Å². The summed E-state index contributed by atoms with van der Waals surface area (Å²) in [5.41, 5.74) is 0.0277. The van der Waals surface area contributed by atoms with Gasteiger partial charge in [-0.3, -0.25) is 0 Å². The summed E-state index contributed by atoms with van der Waals surface area (Å²) in [6.45, 7) is 0. The number of halogens is 20. The van der Waals surface area contributed by atoms with Crippen molar-refractivity contribution in [1.29, 1.82) is 0 Å². The normalized spacial score (nSPS) is 11.7. The summed E-state index contributed by atoms with van der Waals surface area (Å²) >= 11 is 134. The van der Waals surface area contributed by atoms with Crippen LogP contribution in [0.4, 0.5) is 0 Å². The van der Waals surface area contributed by atoms with Gasteiger partial charge in [0.1, 0.15) is 0 Å². The summed E-state index contributed by atoms with van der Waals surface area (Å²) in [6, 6.07) is 0. The molecule has 5 aromatic rings. The molecule has 1 heterocycles. The van der Waals surface area contributed by atoms with Gasteiger partial charge in [-0.1, -0.05) is 232 Å². The molecule has 0 saturated carbocycles. The molecular formula is C28Cl20S. The topological polar surface area (TPSA) is 0 Å². The molecule has 0 N–H and O–H groups in total. The van der Waals surface area contributed by atoms with E-state index < -0.39 is 0 Å². The molecule has 0 atom stereocenters. The predicted octanol–water partition coefficient (Wildman–Crippen LogP) is 21.5. The van der Waals surface area contributed by atoms with Crippen molar-refractivity contribution in [3.63, 3.8) is 0 Å². The van der Waals surface area contributed by atoms with Crippen LogP contribution >= 0.6 is 243 Å². The van der Waals surface area contributed by atoms with Gasteiger partial charge in [0.25, 0.3) is 0 Å². The van der Waals surface area contributed by atoms with Crippen LogP contribution in [-0.4, -0.2) is 0 Å². The van der Waals surface area contributed by atoms with Gasteiger partial charge in [0.2, 0.25) is 0 Å². The van der Waals surface area contributed by atoms with Crippen molar-refractivity contribution < 1.29 is 0 Å². The third kappa shape index (κ3) is 6.94. The second-order valence-corrected chi connectivity index (χ2v) is 17.9. The first-order valence-electron chi connectivity index (χ1n) is 11.9. The lowest BCUT2D eigenvalue weighted by Crippen LogP contribution is -1.95. The first-order chi connectivity index (χ1) is 22.7. The van der Waals surface area contributed by atoms with Gasteiger partial charge in [-0.15, -0.1) is 11.3 Å². The fourth-order valence-corrected chi connectivity index (χ4v) is 11.5. The third-order valence-corrected chi connectivity index (χ3v) is 17.0. The fourth-order valence-electron chi connectivity index (χ4n) is 4.52. The van der Waals surface area contributed by atoms with E-state index in [1.165, 1.54) is 0 Å². The molecule has 0 fully saturated rings. The van der Waals surface area contributed by atoms with E-state index in [4.69, 9.17) is 232 Å². The van der Waals surface area contributed by atoms with Crippen LogP contribution in [0.15, 0.2) is 0 Å². The zero-order valence-electron chi connectivity index (χ0n) is 22.0. The van der Waals surface area contributed by atoms with Gasteiger partial charge in [0, 0.05) is 43.1 Å². The molecule has 0 nitrogen and oxygen atoms in total. The van der Waals surface area contributed by atoms with E-state index in [0.717, 1.165) is 11.3 Å². The molecule has 258 valence electrons. The minimum Gasteiger partial charge on any atom is -0.134 e. The summed E-state index contributed by atoms with van der Waals surface area (Å²) in [7, 11) is 0. The zero-order valence-corrected chi connectivity index (χ0v) is 37.9. The smallest absolute Gasteiger partial charge is 0.0809 e. The molecule has 0 aliphatic rings. The minimum absolute atomic E-state index is 0.0152. The maximum atomic E-state index is 6.91. The highest BCUT2D eigenvalue weighted by Gasteiger charge is 2.37. The van der Waals surface area contributed by atoms with Crippen LogP contribution in [0, 0.1) is 0 Å². The molecule has 0 saturated heterocycles. The Morgan fingerprint density at radius 3 is 0.490 bits per heavy atom. The summed E-state index contributed by atoms with van der Waals surface area (Å²) in [4.78, 5) is 0.254. The van der Waals surface area contributed by atoms with Crippen molar-refractivity contribution in [1.82, 2.24) is 0 Å². The SMILES string of the molecule is Clc1c(Cl)c(Cl)c(-c2sc(-c3c(Cl)c(Cl)c(Cl)c(Cl)c3Cl)c(-c3c(Cl)c(Cl)c(Cl)c(Cl)c3Cl)c2-c2c(Cl)c(Cl)c(Cl)c(Cl)c2Cl)c(Cl)c1Cl. The minimum atomic E-state index is -0.200. The maximum Gasteiger partial charge on any atom is 0.0809 e. The van der Waals surface area contributed by atoms with Crippen LogP contribution < -0.4 is 0 Å². The van der Waals surface area contributed by atoms with Crippen LogP contribution in [0.5, 0.6) is 0 Å². The van der Waals surface area contributed by atoms with E-state index in [1.807, 2.05) is 0 Å².